The van der Waals surface area contributed by atoms with Crippen molar-refractivity contribution in [2.75, 3.05) is 13.6 Å². The number of hydrogen-bond acceptors (Lipinski definition) is 2. The maximum atomic E-state index is 13.6. The highest BCUT2D eigenvalue weighted by atomic mass is 19.1. The molecule has 2 rings (SSSR count). The number of hydrogen-bond donors (Lipinski definition) is 1. The number of nitrogens with two attached hydrogens (primary N) is 1. The van der Waals surface area contributed by atoms with Gasteiger partial charge in [-0.1, -0.05) is 30.3 Å². The van der Waals surface area contributed by atoms with Crippen molar-refractivity contribution in [3.05, 3.63) is 71.0 Å². The molecule has 2 aromatic rings. The van der Waals surface area contributed by atoms with Gasteiger partial charge in [-0.3, -0.25) is 4.79 Å². The number of rotatable bonds is 5. The van der Waals surface area contributed by atoms with E-state index in [1.165, 1.54) is 11.0 Å². The lowest BCUT2D eigenvalue weighted by Crippen LogP contribution is -2.26. The van der Waals surface area contributed by atoms with E-state index in [0.717, 1.165) is 12.0 Å². The van der Waals surface area contributed by atoms with Crippen molar-refractivity contribution in [3.8, 4) is 0 Å². The second-order valence-electron chi connectivity index (χ2n) is 4.99. The molecule has 0 spiro atoms. The van der Waals surface area contributed by atoms with Gasteiger partial charge in [0.2, 0.25) is 0 Å². The fraction of sp³-hybridized carbons (Fsp3) is 0.235. The van der Waals surface area contributed by atoms with E-state index in [9.17, 15) is 9.18 Å². The Labute approximate surface area is 124 Å². The van der Waals surface area contributed by atoms with E-state index in [1.807, 2.05) is 12.1 Å². The van der Waals surface area contributed by atoms with Crippen LogP contribution in [0.25, 0.3) is 0 Å². The lowest BCUT2D eigenvalue weighted by atomic mass is 10.1. The summed E-state index contributed by atoms with van der Waals surface area (Å²) in [5.74, 6) is -0.423. The van der Waals surface area contributed by atoms with Gasteiger partial charge in [0.25, 0.3) is 5.91 Å². The molecule has 0 aromatic heterocycles. The van der Waals surface area contributed by atoms with Gasteiger partial charge >= 0.3 is 0 Å². The molecule has 0 aliphatic rings. The lowest BCUT2D eigenvalue weighted by molar-refractivity contribution is 0.0784. The van der Waals surface area contributed by atoms with Crippen LogP contribution < -0.4 is 5.73 Å². The van der Waals surface area contributed by atoms with Gasteiger partial charge in [0.05, 0.1) is 0 Å². The van der Waals surface area contributed by atoms with Crippen molar-refractivity contribution in [1.29, 1.82) is 0 Å². The fourth-order valence-electron chi connectivity index (χ4n) is 2.15. The molecule has 0 bridgehead atoms. The summed E-state index contributed by atoms with van der Waals surface area (Å²) < 4.78 is 13.6. The van der Waals surface area contributed by atoms with Crippen molar-refractivity contribution in [2.45, 2.75) is 13.0 Å². The molecule has 0 heterocycles. The van der Waals surface area contributed by atoms with E-state index in [0.29, 0.717) is 17.7 Å². The van der Waals surface area contributed by atoms with Crippen LogP contribution in [-0.4, -0.2) is 24.4 Å². The standard InChI is InChI=1S/C17H19FN2O/c1-20(12-15-4-2-3-5-16(15)18)17(21)14-8-6-13(7-9-14)10-11-19/h2-9H,10-12,19H2,1H3. The van der Waals surface area contributed by atoms with Gasteiger partial charge in [0, 0.05) is 24.7 Å². The van der Waals surface area contributed by atoms with Crippen molar-refractivity contribution in [3.63, 3.8) is 0 Å². The Balaban J connectivity index is 2.07. The molecule has 0 aliphatic carbocycles. The first-order chi connectivity index (χ1) is 10.1. The first-order valence-electron chi connectivity index (χ1n) is 6.89. The van der Waals surface area contributed by atoms with Crippen LogP contribution in [0.2, 0.25) is 0 Å². The van der Waals surface area contributed by atoms with Gasteiger partial charge in [-0.05, 0) is 36.7 Å². The van der Waals surface area contributed by atoms with Gasteiger partial charge < -0.3 is 10.6 Å². The zero-order chi connectivity index (χ0) is 15.2. The number of benzene rings is 2. The van der Waals surface area contributed by atoms with E-state index < -0.39 is 0 Å². The third kappa shape index (κ3) is 3.89. The zero-order valence-corrected chi connectivity index (χ0v) is 12.1. The summed E-state index contributed by atoms with van der Waals surface area (Å²) >= 11 is 0. The summed E-state index contributed by atoms with van der Waals surface area (Å²) in [5, 5.41) is 0. The Bertz CT molecular complexity index is 610. The smallest absolute Gasteiger partial charge is 0.253 e. The lowest BCUT2D eigenvalue weighted by Gasteiger charge is -2.18. The molecule has 110 valence electrons. The molecule has 0 radical (unpaired) electrons. The Hall–Kier alpha value is -2.20. The Kier molecular flexibility index (Phi) is 5.06. The minimum absolute atomic E-state index is 0.127. The highest BCUT2D eigenvalue weighted by molar-refractivity contribution is 5.94. The Morgan fingerprint density at radius 2 is 1.81 bits per heavy atom. The van der Waals surface area contributed by atoms with Gasteiger partial charge in [-0.2, -0.15) is 0 Å². The number of halogens is 1. The molecule has 0 aliphatic heterocycles. The Morgan fingerprint density at radius 3 is 2.43 bits per heavy atom. The van der Waals surface area contributed by atoms with E-state index in [-0.39, 0.29) is 18.3 Å². The highest BCUT2D eigenvalue weighted by Crippen LogP contribution is 2.12. The fourth-order valence-corrected chi connectivity index (χ4v) is 2.15. The topological polar surface area (TPSA) is 46.3 Å². The largest absolute Gasteiger partial charge is 0.337 e. The second kappa shape index (κ2) is 6.99. The third-order valence-electron chi connectivity index (χ3n) is 3.35. The van der Waals surface area contributed by atoms with Crippen LogP contribution >= 0.6 is 0 Å². The molecular formula is C17H19FN2O. The SMILES string of the molecule is CN(Cc1ccccc1F)C(=O)c1ccc(CCN)cc1. The second-order valence-corrected chi connectivity index (χ2v) is 4.99. The van der Waals surface area contributed by atoms with Gasteiger partial charge in [0.15, 0.2) is 0 Å². The summed E-state index contributed by atoms with van der Waals surface area (Å²) in [6.45, 7) is 0.830. The number of nitrogens with zero attached hydrogens (tertiary/aromatic N) is 1. The van der Waals surface area contributed by atoms with Crippen LogP contribution in [0.5, 0.6) is 0 Å². The summed E-state index contributed by atoms with van der Waals surface area (Å²) in [4.78, 5) is 13.8. The molecular weight excluding hydrogens is 267 g/mol. The van der Waals surface area contributed by atoms with Crippen LogP contribution in [-0.2, 0) is 13.0 Å². The summed E-state index contributed by atoms with van der Waals surface area (Å²) in [5.41, 5.74) is 7.70. The molecule has 3 nitrogen and oxygen atoms in total. The Morgan fingerprint density at radius 1 is 1.14 bits per heavy atom. The monoisotopic (exact) mass is 286 g/mol. The molecule has 21 heavy (non-hydrogen) atoms. The van der Waals surface area contributed by atoms with Crippen molar-refractivity contribution in [2.24, 2.45) is 5.73 Å². The van der Waals surface area contributed by atoms with Crippen LogP contribution in [0.3, 0.4) is 0 Å². The summed E-state index contributed by atoms with van der Waals surface area (Å²) in [6.07, 6.45) is 0.791. The van der Waals surface area contributed by atoms with E-state index in [1.54, 1.807) is 37.4 Å². The quantitative estimate of drug-likeness (QED) is 0.918. The van der Waals surface area contributed by atoms with E-state index >= 15 is 0 Å². The summed E-state index contributed by atoms with van der Waals surface area (Å²) in [6, 6.07) is 13.8. The molecule has 0 atom stereocenters. The number of carbonyl (C=O) groups is 1. The molecule has 0 saturated heterocycles. The van der Waals surface area contributed by atoms with Gasteiger partial charge in [-0.15, -0.1) is 0 Å². The predicted molar refractivity (Wildman–Crippen MR) is 81.4 cm³/mol. The number of amides is 1. The van der Waals surface area contributed by atoms with Crippen LogP contribution in [0.1, 0.15) is 21.5 Å². The van der Waals surface area contributed by atoms with Crippen molar-refractivity contribution >= 4 is 5.91 Å². The van der Waals surface area contributed by atoms with Crippen LogP contribution in [0.15, 0.2) is 48.5 Å². The molecule has 2 N–H and O–H groups in total. The molecule has 4 heteroatoms. The van der Waals surface area contributed by atoms with Gasteiger partial charge in [0.1, 0.15) is 5.82 Å². The van der Waals surface area contributed by atoms with E-state index in [4.69, 9.17) is 5.73 Å². The molecule has 2 aromatic carbocycles. The van der Waals surface area contributed by atoms with E-state index in [2.05, 4.69) is 0 Å². The first-order valence-corrected chi connectivity index (χ1v) is 6.89. The molecule has 0 fully saturated rings. The zero-order valence-electron chi connectivity index (χ0n) is 12.1. The molecule has 0 unspecified atom stereocenters. The first kappa shape index (κ1) is 15.2. The predicted octanol–water partition coefficient (Wildman–Crippen LogP) is 2.60. The summed E-state index contributed by atoms with van der Waals surface area (Å²) in [7, 11) is 1.67. The molecule has 1 amide bonds. The van der Waals surface area contributed by atoms with Gasteiger partial charge in [-0.25, -0.2) is 4.39 Å². The van der Waals surface area contributed by atoms with Crippen molar-refractivity contribution in [1.82, 2.24) is 4.90 Å². The third-order valence-corrected chi connectivity index (χ3v) is 3.35. The maximum absolute atomic E-state index is 13.6. The average Bonchev–Trinajstić information content (AvgIpc) is 2.50. The minimum Gasteiger partial charge on any atom is -0.337 e. The number of carbonyl (C=O) groups excluding carboxylic acids is 1. The normalized spacial score (nSPS) is 10.4. The minimum atomic E-state index is -0.296. The van der Waals surface area contributed by atoms with Crippen LogP contribution in [0.4, 0.5) is 4.39 Å². The molecule has 0 saturated carbocycles. The van der Waals surface area contributed by atoms with Crippen molar-refractivity contribution < 1.29 is 9.18 Å². The highest BCUT2D eigenvalue weighted by Gasteiger charge is 2.13. The average molecular weight is 286 g/mol. The van der Waals surface area contributed by atoms with Crippen LogP contribution in [0, 0.1) is 5.82 Å². The maximum Gasteiger partial charge on any atom is 0.253 e.